The second-order valence-corrected chi connectivity index (χ2v) is 9.47. The molecule has 0 aromatic heterocycles. The van der Waals surface area contributed by atoms with E-state index >= 15 is 0 Å². The molecule has 0 saturated heterocycles. The molecule has 1 atom stereocenters. The molecule has 0 heterocycles. The third-order valence-electron chi connectivity index (χ3n) is 5.16. The predicted molar refractivity (Wildman–Crippen MR) is 137 cm³/mol. The maximum absolute atomic E-state index is 12.6. The van der Waals surface area contributed by atoms with Crippen LogP contribution in [0.2, 0.25) is 0 Å². The second kappa shape index (κ2) is 15.8. The Balaban J connectivity index is 3.08. The van der Waals surface area contributed by atoms with Gasteiger partial charge in [-0.3, -0.25) is 14.4 Å². The number of nitrogens with one attached hydrogen (secondary N) is 2. The Hall–Kier alpha value is -3.10. The highest BCUT2D eigenvalue weighted by Crippen LogP contribution is 2.26. The first-order chi connectivity index (χ1) is 17.0. The summed E-state index contributed by atoms with van der Waals surface area (Å²) in [5.41, 5.74) is 0.504. The van der Waals surface area contributed by atoms with Crippen LogP contribution in [0.4, 0.5) is 10.5 Å². The fraction of sp³-hybridized carbons (Fsp3) is 0.630. The van der Waals surface area contributed by atoms with Crippen LogP contribution in [0.25, 0.3) is 0 Å². The highest BCUT2D eigenvalue weighted by Gasteiger charge is 2.34. The van der Waals surface area contributed by atoms with E-state index in [0.717, 1.165) is 25.7 Å². The first kappa shape index (κ1) is 30.9. The van der Waals surface area contributed by atoms with Crippen molar-refractivity contribution in [2.75, 3.05) is 18.5 Å². The van der Waals surface area contributed by atoms with Gasteiger partial charge in [0.2, 0.25) is 5.91 Å². The van der Waals surface area contributed by atoms with Crippen molar-refractivity contribution < 1.29 is 33.4 Å². The van der Waals surface area contributed by atoms with Gasteiger partial charge in [-0.05, 0) is 65.2 Å². The maximum Gasteiger partial charge on any atom is 0.408 e. The van der Waals surface area contributed by atoms with Crippen molar-refractivity contribution in [1.29, 1.82) is 0 Å². The summed E-state index contributed by atoms with van der Waals surface area (Å²) in [5.74, 6) is -2.74. The smallest absolute Gasteiger partial charge is 0.408 e. The highest BCUT2D eigenvalue weighted by atomic mass is 16.6. The number of esters is 2. The van der Waals surface area contributed by atoms with Crippen LogP contribution in [0.15, 0.2) is 24.3 Å². The molecule has 0 radical (unpaired) electrons. The molecule has 0 bridgehead atoms. The largest absolute Gasteiger partial charge is 0.465 e. The summed E-state index contributed by atoms with van der Waals surface area (Å²) in [5, 5.41) is 5.62. The number of carbonyl (C=O) groups excluding carboxylic acids is 4. The number of hydrogen-bond donors (Lipinski definition) is 2. The maximum atomic E-state index is 12.6. The van der Waals surface area contributed by atoms with Crippen LogP contribution < -0.4 is 10.6 Å². The van der Waals surface area contributed by atoms with Gasteiger partial charge in [-0.2, -0.15) is 0 Å². The number of benzene rings is 1. The lowest BCUT2D eigenvalue weighted by atomic mass is 9.94. The fourth-order valence-corrected chi connectivity index (χ4v) is 3.47. The first-order valence-corrected chi connectivity index (χ1v) is 12.7. The SMILES string of the molecule is CCCCCCC(=O)Nc1ccc(C(CC(C(=O)OCC)C(=O)OCC)NC(=O)OC(C)(C)C)cc1. The molecule has 0 saturated carbocycles. The molecule has 9 nitrogen and oxygen atoms in total. The average molecular weight is 507 g/mol. The summed E-state index contributed by atoms with van der Waals surface area (Å²) in [7, 11) is 0. The Morgan fingerprint density at radius 3 is 1.94 bits per heavy atom. The van der Waals surface area contributed by atoms with Crippen molar-refractivity contribution in [2.45, 2.75) is 91.7 Å². The third-order valence-corrected chi connectivity index (χ3v) is 5.16. The van der Waals surface area contributed by atoms with Crippen molar-refractivity contribution in [3.63, 3.8) is 0 Å². The van der Waals surface area contributed by atoms with Gasteiger partial charge >= 0.3 is 18.0 Å². The topological polar surface area (TPSA) is 120 Å². The molecule has 0 aliphatic rings. The van der Waals surface area contributed by atoms with Gasteiger partial charge < -0.3 is 24.8 Å². The standard InChI is InChI=1S/C27H42N2O7/c1-7-10-11-12-13-23(30)28-20-16-14-19(15-17-20)22(29-26(33)36-27(4,5)6)18-21(24(31)34-8-2)25(32)35-9-3/h14-17,21-22H,7-13,18H2,1-6H3,(H,28,30)(H,29,33). The molecule has 9 heteroatoms. The summed E-state index contributed by atoms with van der Waals surface area (Å²) in [4.78, 5) is 49.8. The number of rotatable bonds is 14. The van der Waals surface area contributed by atoms with Crippen LogP contribution in [0.3, 0.4) is 0 Å². The van der Waals surface area contributed by atoms with Crippen LogP contribution in [-0.4, -0.2) is 42.8 Å². The number of ether oxygens (including phenoxy) is 3. The van der Waals surface area contributed by atoms with E-state index in [0.29, 0.717) is 17.7 Å². The van der Waals surface area contributed by atoms with E-state index in [-0.39, 0.29) is 25.5 Å². The van der Waals surface area contributed by atoms with Crippen molar-refractivity contribution in [3.05, 3.63) is 29.8 Å². The van der Waals surface area contributed by atoms with E-state index in [4.69, 9.17) is 14.2 Å². The molecule has 2 amide bonds. The van der Waals surface area contributed by atoms with Crippen molar-refractivity contribution in [3.8, 4) is 0 Å². The minimum atomic E-state index is -1.23. The summed E-state index contributed by atoms with van der Waals surface area (Å²) < 4.78 is 15.5. The molecule has 0 fully saturated rings. The molecule has 0 aliphatic heterocycles. The minimum absolute atomic E-state index is 0.0630. The quantitative estimate of drug-likeness (QED) is 0.152. The lowest BCUT2D eigenvalue weighted by Crippen LogP contribution is -2.38. The Morgan fingerprint density at radius 2 is 1.44 bits per heavy atom. The van der Waals surface area contributed by atoms with Crippen molar-refractivity contribution >= 4 is 29.6 Å². The van der Waals surface area contributed by atoms with Gasteiger partial charge in [0.05, 0.1) is 19.3 Å². The Morgan fingerprint density at radius 1 is 0.861 bits per heavy atom. The molecule has 2 N–H and O–H groups in total. The van der Waals surface area contributed by atoms with Crippen molar-refractivity contribution in [1.82, 2.24) is 5.32 Å². The van der Waals surface area contributed by atoms with E-state index < -0.39 is 35.6 Å². The summed E-state index contributed by atoms with van der Waals surface area (Å²) in [6.07, 6.45) is 3.74. The molecule has 1 unspecified atom stereocenters. The van der Waals surface area contributed by atoms with E-state index in [9.17, 15) is 19.2 Å². The van der Waals surface area contributed by atoms with Gasteiger partial charge in [-0.15, -0.1) is 0 Å². The zero-order valence-corrected chi connectivity index (χ0v) is 22.5. The number of amides is 2. The Bertz CT molecular complexity index is 829. The number of hydrogen-bond acceptors (Lipinski definition) is 7. The predicted octanol–water partition coefficient (Wildman–Crippen LogP) is 5.29. The third kappa shape index (κ3) is 12.0. The Labute approximate surface area is 214 Å². The molecule has 1 aromatic rings. The number of unbranched alkanes of at least 4 members (excludes halogenated alkanes) is 3. The van der Waals surface area contributed by atoms with E-state index in [1.54, 1.807) is 58.9 Å². The van der Waals surface area contributed by atoms with E-state index in [1.807, 2.05) is 0 Å². The molecular formula is C27H42N2O7. The molecule has 36 heavy (non-hydrogen) atoms. The van der Waals surface area contributed by atoms with E-state index in [1.165, 1.54) is 0 Å². The summed E-state index contributed by atoms with van der Waals surface area (Å²) in [6.45, 7) is 10.8. The van der Waals surface area contributed by atoms with Crippen LogP contribution in [-0.2, 0) is 28.6 Å². The monoisotopic (exact) mass is 506 g/mol. The second-order valence-electron chi connectivity index (χ2n) is 9.47. The molecule has 0 spiro atoms. The van der Waals surface area contributed by atoms with Gasteiger partial charge in [0.1, 0.15) is 5.60 Å². The van der Waals surface area contributed by atoms with Crippen molar-refractivity contribution in [2.24, 2.45) is 5.92 Å². The number of carbonyl (C=O) groups is 4. The average Bonchev–Trinajstić information content (AvgIpc) is 2.79. The lowest BCUT2D eigenvalue weighted by Gasteiger charge is -2.26. The molecule has 1 rings (SSSR count). The minimum Gasteiger partial charge on any atom is -0.465 e. The zero-order chi connectivity index (χ0) is 27.1. The fourth-order valence-electron chi connectivity index (χ4n) is 3.47. The lowest BCUT2D eigenvalue weighted by molar-refractivity contribution is -0.162. The molecule has 0 aliphatic carbocycles. The Kier molecular flexibility index (Phi) is 13.6. The van der Waals surface area contributed by atoms with Crippen LogP contribution in [0, 0.1) is 5.92 Å². The van der Waals surface area contributed by atoms with Gasteiger partial charge in [0.25, 0.3) is 0 Å². The van der Waals surface area contributed by atoms with E-state index in [2.05, 4.69) is 17.6 Å². The summed E-state index contributed by atoms with van der Waals surface area (Å²) in [6, 6.07) is 6.13. The summed E-state index contributed by atoms with van der Waals surface area (Å²) >= 11 is 0. The van der Waals surface area contributed by atoms with Gasteiger partial charge in [0, 0.05) is 12.1 Å². The number of anilines is 1. The van der Waals surface area contributed by atoms with Crippen LogP contribution in [0.1, 0.15) is 91.7 Å². The molecule has 202 valence electrons. The normalized spacial score (nSPS) is 12.0. The number of alkyl carbamates (subject to hydrolysis) is 1. The van der Waals surface area contributed by atoms with Gasteiger partial charge in [0.15, 0.2) is 5.92 Å². The van der Waals surface area contributed by atoms with Gasteiger partial charge in [-0.1, -0.05) is 38.3 Å². The first-order valence-electron chi connectivity index (χ1n) is 12.7. The highest BCUT2D eigenvalue weighted by molar-refractivity contribution is 5.95. The van der Waals surface area contributed by atoms with Crippen LogP contribution >= 0.6 is 0 Å². The molecule has 1 aromatic carbocycles. The molecular weight excluding hydrogens is 464 g/mol. The van der Waals surface area contributed by atoms with Gasteiger partial charge in [-0.25, -0.2) is 4.79 Å². The van der Waals surface area contributed by atoms with Crippen LogP contribution in [0.5, 0.6) is 0 Å². The zero-order valence-electron chi connectivity index (χ0n) is 22.5.